The third-order valence-electron chi connectivity index (χ3n) is 4.02. The number of hydrogen-bond donors (Lipinski definition) is 0. The molecule has 0 aromatic carbocycles. The number of pyridine rings is 1. The molecule has 1 aliphatic heterocycles. The third kappa shape index (κ3) is 2.41. The quantitative estimate of drug-likeness (QED) is 0.727. The van der Waals surface area contributed by atoms with E-state index in [1.54, 1.807) is 6.20 Å². The molecular formula is C16H16ClN5. The number of nitrogens with zero attached hydrogens (tertiary/aromatic N) is 5. The van der Waals surface area contributed by atoms with Crippen LogP contribution >= 0.6 is 11.6 Å². The number of aromatic nitrogens is 4. The first-order valence-electron chi connectivity index (χ1n) is 7.52. The van der Waals surface area contributed by atoms with Crippen LogP contribution in [0.5, 0.6) is 0 Å². The maximum absolute atomic E-state index is 6.09. The van der Waals surface area contributed by atoms with Gasteiger partial charge in [0.15, 0.2) is 5.82 Å². The van der Waals surface area contributed by atoms with Crippen LogP contribution in [-0.4, -0.2) is 32.4 Å². The Hall–Kier alpha value is -2.14. The van der Waals surface area contributed by atoms with Crippen LogP contribution in [0.25, 0.3) is 17.2 Å². The number of imidazole rings is 1. The molecule has 4 heterocycles. The smallest absolute Gasteiger partial charge is 0.180 e. The van der Waals surface area contributed by atoms with E-state index < -0.39 is 0 Å². The summed E-state index contributed by atoms with van der Waals surface area (Å²) in [5.74, 6) is 1.67. The first kappa shape index (κ1) is 13.5. The molecule has 0 unspecified atom stereocenters. The zero-order valence-electron chi connectivity index (χ0n) is 12.1. The number of hydrogen-bond acceptors (Lipinski definition) is 4. The minimum atomic E-state index is 0.666. The van der Waals surface area contributed by atoms with Crippen molar-refractivity contribution in [2.45, 2.75) is 19.3 Å². The molecule has 4 rings (SSSR count). The Labute approximate surface area is 133 Å². The molecule has 0 bridgehead atoms. The molecule has 0 radical (unpaired) electrons. The van der Waals surface area contributed by atoms with Gasteiger partial charge in [-0.15, -0.1) is 0 Å². The van der Waals surface area contributed by atoms with Crippen LogP contribution in [0.4, 0.5) is 5.82 Å². The summed E-state index contributed by atoms with van der Waals surface area (Å²) in [5.41, 5.74) is 1.70. The van der Waals surface area contributed by atoms with E-state index in [-0.39, 0.29) is 0 Å². The first-order valence-corrected chi connectivity index (χ1v) is 7.90. The molecular weight excluding hydrogens is 298 g/mol. The van der Waals surface area contributed by atoms with Gasteiger partial charge in [-0.3, -0.25) is 4.40 Å². The third-order valence-corrected chi connectivity index (χ3v) is 4.24. The van der Waals surface area contributed by atoms with E-state index in [0.29, 0.717) is 10.8 Å². The molecule has 0 spiro atoms. The van der Waals surface area contributed by atoms with Crippen molar-refractivity contribution in [1.29, 1.82) is 0 Å². The monoisotopic (exact) mass is 313 g/mol. The lowest BCUT2D eigenvalue weighted by molar-refractivity contribution is 0.573. The number of halogens is 1. The van der Waals surface area contributed by atoms with Crippen LogP contribution in [0.2, 0.25) is 5.02 Å². The van der Waals surface area contributed by atoms with Gasteiger partial charge in [0.25, 0.3) is 0 Å². The second-order valence-corrected chi connectivity index (χ2v) is 5.94. The van der Waals surface area contributed by atoms with E-state index in [9.17, 15) is 0 Å². The molecule has 3 aromatic heterocycles. The summed E-state index contributed by atoms with van der Waals surface area (Å²) >= 11 is 6.09. The fourth-order valence-corrected chi connectivity index (χ4v) is 3.05. The summed E-state index contributed by atoms with van der Waals surface area (Å²) in [4.78, 5) is 15.9. The minimum absolute atomic E-state index is 0.666. The molecule has 5 nitrogen and oxygen atoms in total. The molecule has 0 N–H and O–H groups in total. The highest BCUT2D eigenvalue weighted by Gasteiger charge is 2.15. The van der Waals surface area contributed by atoms with Crippen molar-refractivity contribution >= 4 is 23.1 Å². The van der Waals surface area contributed by atoms with Crippen LogP contribution in [0.3, 0.4) is 0 Å². The topological polar surface area (TPSA) is 46.3 Å². The Balaban J connectivity index is 1.76. The average molecular weight is 314 g/mol. The van der Waals surface area contributed by atoms with Gasteiger partial charge in [-0.25, -0.2) is 15.0 Å². The van der Waals surface area contributed by atoms with Gasteiger partial charge in [0.2, 0.25) is 0 Å². The standard InChI is InChI=1S/C16H16ClN5/c17-12-4-5-14-19-10-13(22(14)11-12)16-18-7-6-15(20-16)21-8-2-1-3-9-21/h4-7,10-11H,1-3,8-9H2. The van der Waals surface area contributed by atoms with E-state index in [1.807, 2.05) is 35.0 Å². The average Bonchev–Trinajstić information content (AvgIpc) is 2.99. The van der Waals surface area contributed by atoms with Crippen LogP contribution in [0.1, 0.15) is 19.3 Å². The fraction of sp³-hybridized carbons (Fsp3) is 0.312. The second kappa shape index (κ2) is 5.57. The van der Waals surface area contributed by atoms with Gasteiger partial charge in [0.1, 0.15) is 17.2 Å². The molecule has 3 aromatic rings. The lowest BCUT2D eigenvalue weighted by Gasteiger charge is -2.27. The largest absolute Gasteiger partial charge is 0.357 e. The molecule has 112 valence electrons. The summed E-state index contributed by atoms with van der Waals surface area (Å²) in [6.07, 6.45) is 9.21. The SMILES string of the molecule is Clc1ccc2ncc(-c3nccc(N4CCCCC4)n3)n2c1. The molecule has 0 aliphatic carbocycles. The highest BCUT2D eigenvalue weighted by atomic mass is 35.5. The van der Waals surface area contributed by atoms with Crippen molar-refractivity contribution < 1.29 is 0 Å². The van der Waals surface area contributed by atoms with E-state index in [0.717, 1.165) is 30.2 Å². The lowest BCUT2D eigenvalue weighted by Crippen LogP contribution is -2.30. The number of rotatable bonds is 2. The Morgan fingerprint density at radius 1 is 1.00 bits per heavy atom. The van der Waals surface area contributed by atoms with Gasteiger partial charge in [-0.05, 0) is 37.5 Å². The Morgan fingerprint density at radius 2 is 1.86 bits per heavy atom. The van der Waals surface area contributed by atoms with E-state index in [4.69, 9.17) is 16.6 Å². The second-order valence-electron chi connectivity index (χ2n) is 5.51. The molecule has 0 saturated carbocycles. The van der Waals surface area contributed by atoms with Crippen LogP contribution in [0, 0.1) is 0 Å². The predicted molar refractivity (Wildman–Crippen MR) is 87.3 cm³/mol. The fourth-order valence-electron chi connectivity index (χ4n) is 2.89. The number of piperidine rings is 1. The molecule has 6 heteroatoms. The Bertz CT molecular complexity index is 807. The predicted octanol–water partition coefficient (Wildman–Crippen LogP) is 3.44. The van der Waals surface area contributed by atoms with E-state index >= 15 is 0 Å². The van der Waals surface area contributed by atoms with Crippen LogP contribution < -0.4 is 4.90 Å². The molecule has 1 fully saturated rings. The van der Waals surface area contributed by atoms with Gasteiger partial charge in [0, 0.05) is 25.5 Å². The van der Waals surface area contributed by atoms with Gasteiger partial charge in [0.05, 0.1) is 11.2 Å². The van der Waals surface area contributed by atoms with Crippen molar-refractivity contribution in [3.8, 4) is 11.5 Å². The zero-order valence-corrected chi connectivity index (χ0v) is 12.9. The van der Waals surface area contributed by atoms with Gasteiger partial charge in [-0.2, -0.15) is 0 Å². The van der Waals surface area contributed by atoms with Gasteiger partial charge >= 0.3 is 0 Å². The van der Waals surface area contributed by atoms with Crippen LogP contribution in [0.15, 0.2) is 36.8 Å². The number of fused-ring (bicyclic) bond motifs is 1. The van der Waals surface area contributed by atoms with Crippen molar-refractivity contribution in [3.05, 3.63) is 41.8 Å². The van der Waals surface area contributed by atoms with Gasteiger partial charge in [-0.1, -0.05) is 11.6 Å². The maximum Gasteiger partial charge on any atom is 0.180 e. The van der Waals surface area contributed by atoms with Gasteiger partial charge < -0.3 is 4.90 Å². The van der Waals surface area contributed by atoms with E-state index in [1.165, 1.54) is 19.3 Å². The zero-order chi connectivity index (χ0) is 14.9. The van der Waals surface area contributed by atoms with Crippen LogP contribution in [-0.2, 0) is 0 Å². The molecule has 1 saturated heterocycles. The van der Waals surface area contributed by atoms with Crippen molar-refractivity contribution in [2.75, 3.05) is 18.0 Å². The molecule has 1 aliphatic rings. The van der Waals surface area contributed by atoms with E-state index in [2.05, 4.69) is 14.9 Å². The van der Waals surface area contributed by atoms with Crippen molar-refractivity contribution in [2.24, 2.45) is 0 Å². The Kier molecular flexibility index (Phi) is 3.42. The first-order chi connectivity index (χ1) is 10.8. The summed E-state index contributed by atoms with van der Waals surface area (Å²) in [6, 6.07) is 5.70. The molecule has 22 heavy (non-hydrogen) atoms. The maximum atomic E-state index is 6.09. The summed E-state index contributed by atoms with van der Waals surface area (Å²) in [6.45, 7) is 2.13. The highest BCUT2D eigenvalue weighted by Crippen LogP contribution is 2.23. The normalized spacial score (nSPS) is 15.4. The minimum Gasteiger partial charge on any atom is -0.357 e. The highest BCUT2D eigenvalue weighted by molar-refractivity contribution is 6.30. The summed E-state index contributed by atoms with van der Waals surface area (Å²) in [7, 11) is 0. The van der Waals surface area contributed by atoms with Crippen molar-refractivity contribution in [1.82, 2.24) is 19.4 Å². The molecule has 0 amide bonds. The molecule has 0 atom stereocenters. The Morgan fingerprint density at radius 3 is 2.73 bits per heavy atom. The number of anilines is 1. The van der Waals surface area contributed by atoms with Crippen molar-refractivity contribution in [3.63, 3.8) is 0 Å². The lowest BCUT2D eigenvalue weighted by atomic mass is 10.1. The summed E-state index contributed by atoms with van der Waals surface area (Å²) in [5, 5.41) is 0.666. The summed E-state index contributed by atoms with van der Waals surface area (Å²) < 4.78 is 1.93.